The quantitative estimate of drug-likeness (QED) is 0.703. The molecule has 0 heterocycles. The van der Waals surface area contributed by atoms with Gasteiger partial charge in [-0.1, -0.05) is 17.7 Å². The Bertz CT molecular complexity index is 512. The van der Waals surface area contributed by atoms with Crippen molar-refractivity contribution in [1.29, 1.82) is 0 Å². The molecule has 0 aromatic heterocycles. The highest BCUT2D eigenvalue weighted by Crippen LogP contribution is 2.23. The van der Waals surface area contributed by atoms with E-state index < -0.39 is 17.8 Å². The van der Waals surface area contributed by atoms with E-state index in [1.165, 1.54) is 12.1 Å². The van der Waals surface area contributed by atoms with Gasteiger partial charge in [0.05, 0.1) is 16.7 Å². The maximum absolute atomic E-state index is 13.6. The third kappa shape index (κ3) is 6.84. The average molecular weight is 335 g/mol. The van der Waals surface area contributed by atoms with Crippen molar-refractivity contribution in [3.8, 4) is 0 Å². The second-order valence-corrected chi connectivity index (χ2v) is 5.16. The summed E-state index contributed by atoms with van der Waals surface area (Å²) in [5.41, 5.74) is 0.445. The van der Waals surface area contributed by atoms with Gasteiger partial charge in [-0.05, 0) is 32.6 Å². The van der Waals surface area contributed by atoms with Crippen LogP contribution in [0.2, 0.25) is 5.02 Å². The zero-order valence-electron chi connectivity index (χ0n) is 12.6. The third-order valence-corrected chi connectivity index (χ3v) is 3.07. The number of aliphatic hydroxyl groups excluding tert-OH is 1. The van der Waals surface area contributed by atoms with Crippen molar-refractivity contribution in [2.45, 2.75) is 13.0 Å². The Morgan fingerprint density at radius 2 is 2.05 bits per heavy atom. The minimum absolute atomic E-state index is 0.0424. The van der Waals surface area contributed by atoms with Crippen LogP contribution in [0.1, 0.15) is 15.9 Å². The van der Waals surface area contributed by atoms with Crippen molar-refractivity contribution in [3.05, 3.63) is 34.1 Å². The lowest BCUT2D eigenvalue weighted by molar-refractivity contribution is -0.122. The molecule has 0 radical (unpaired) electrons. The van der Waals surface area contributed by atoms with Gasteiger partial charge in [-0.3, -0.25) is 9.59 Å². The van der Waals surface area contributed by atoms with Crippen LogP contribution in [0.5, 0.6) is 0 Å². The molecule has 1 amide bonds. The molecule has 124 valence electrons. The van der Waals surface area contributed by atoms with Gasteiger partial charge < -0.3 is 20.4 Å². The molecule has 8 heteroatoms. The number of aryl methyl sites for hydroxylation is 1. The van der Waals surface area contributed by atoms with Crippen molar-refractivity contribution < 1.29 is 24.2 Å². The first-order valence-corrected chi connectivity index (χ1v) is 6.75. The molecule has 1 atom stereocenters. The van der Waals surface area contributed by atoms with E-state index in [4.69, 9.17) is 21.5 Å². The van der Waals surface area contributed by atoms with Crippen LogP contribution in [0.15, 0.2) is 12.1 Å². The zero-order chi connectivity index (χ0) is 17.3. The van der Waals surface area contributed by atoms with Crippen LogP contribution in [-0.2, 0) is 4.79 Å². The highest BCUT2D eigenvalue weighted by atomic mass is 35.5. The molecule has 0 spiro atoms. The number of hydrogen-bond donors (Lipinski definition) is 3. The second kappa shape index (κ2) is 10.1. The van der Waals surface area contributed by atoms with E-state index in [1.54, 1.807) is 11.8 Å². The van der Waals surface area contributed by atoms with Gasteiger partial charge in [0.1, 0.15) is 5.82 Å². The predicted molar refractivity (Wildman–Crippen MR) is 81.7 cm³/mol. The summed E-state index contributed by atoms with van der Waals surface area (Å²) >= 11 is 5.92. The topological polar surface area (TPSA) is 89.9 Å². The molecule has 6 nitrogen and oxygen atoms in total. The van der Waals surface area contributed by atoms with Crippen LogP contribution in [0.25, 0.3) is 0 Å². The maximum atomic E-state index is 13.6. The fourth-order valence-corrected chi connectivity index (χ4v) is 1.89. The molecule has 22 heavy (non-hydrogen) atoms. The maximum Gasteiger partial charge on any atom is 0.290 e. The van der Waals surface area contributed by atoms with Gasteiger partial charge in [-0.15, -0.1) is 0 Å². The number of benzene rings is 1. The number of halogens is 2. The summed E-state index contributed by atoms with van der Waals surface area (Å²) in [4.78, 5) is 22.0. The first-order valence-electron chi connectivity index (χ1n) is 6.38. The Hall–Kier alpha value is -1.70. The number of nitrogens with zero attached hydrogens (tertiary/aromatic N) is 1. The molecule has 0 saturated heterocycles. The summed E-state index contributed by atoms with van der Waals surface area (Å²) in [7, 11) is 3.62. The molecule has 1 rings (SSSR count). The molecule has 0 bridgehead atoms. The first kappa shape index (κ1) is 20.3. The molecule has 1 aromatic rings. The number of aliphatic hydroxyl groups is 1. The normalized spacial score (nSPS) is 11.4. The number of carbonyl (C=O) groups is 2. The number of hydrogen-bond acceptors (Lipinski definition) is 4. The number of amides is 1. The minimum Gasteiger partial charge on any atom is -0.483 e. The molecular formula is C14H20ClFN2O4. The minimum atomic E-state index is -0.717. The van der Waals surface area contributed by atoms with Crippen molar-refractivity contribution in [1.82, 2.24) is 10.2 Å². The lowest BCUT2D eigenvalue weighted by Crippen LogP contribution is -2.38. The van der Waals surface area contributed by atoms with Crippen LogP contribution >= 0.6 is 11.6 Å². The fourth-order valence-electron chi connectivity index (χ4n) is 1.65. The van der Waals surface area contributed by atoms with E-state index in [0.29, 0.717) is 12.1 Å². The Morgan fingerprint density at radius 3 is 2.55 bits per heavy atom. The first-order chi connectivity index (χ1) is 10.2. The summed E-state index contributed by atoms with van der Waals surface area (Å²) in [6.07, 6.45) is -0.717. The van der Waals surface area contributed by atoms with Crippen molar-refractivity contribution in [2.24, 2.45) is 0 Å². The van der Waals surface area contributed by atoms with Gasteiger partial charge >= 0.3 is 0 Å². The van der Waals surface area contributed by atoms with E-state index in [2.05, 4.69) is 5.32 Å². The molecule has 0 aliphatic rings. The van der Waals surface area contributed by atoms with Crippen LogP contribution in [0.4, 0.5) is 4.39 Å². The Kier molecular flexibility index (Phi) is 9.32. The van der Waals surface area contributed by atoms with Crippen molar-refractivity contribution in [3.63, 3.8) is 0 Å². The summed E-state index contributed by atoms with van der Waals surface area (Å²) < 4.78 is 13.6. The van der Waals surface area contributed by atoms with Crippen LogP contribution in [0, 0.1) is 12.7 Å². The van der Waals surface area contributed by atoms with Gasteiger partial charge in [-0.2, -0.15) is 0 Å². The second-order valence-electron chi connectivity index (χ2n) is 4.78. The van der Waals surface area contributed by atoms with Gasteiger partial charge in [0.2, 0.25) is 0 Å². The molecular weight excluding hydrogens is 315 g/mol. The van der Waals surface area contributed by atoms with Crippen molar-refractivity contribution in [2.75, 3.05) is 27.2 Å². The SMILES string of the molecule is Cc1ccc(F)c(C(=O)NCC(O)CN(C)C)c1Cl.O=CO. The molecule has 0 fully saturated rings. The lowest BCUT2D eigenvalue weighted by atomic mass is 10.1. The number of carboxylic acid groups (broad SMARTS) is 1. The molecule has 0 aliphatic heterocycles. The van der Waals surface area contributed by atoms with E-state index >= 15 is 0 Å². The summed E-state index contributed by atoms with van der Waals surface area (Å²) in [5.74, 6) is -1.29. The van der Waals surface area contributed by atoms with E-state index in [9.17, 15) is 14.3 Å². The number of carbonyl (C=O) groups excluding carboxylic acids is 1. The largest absolute Gasteiger partial charge is 0.483 e. The molecule has 0 saturated carbocycles. The van der Waals surface area contributed by atoms with Crippen LogP contribution in [0.3, 0.4) is 0 Å². The fraction of sp³-hybridized carbons (Fsp3) is 0.429. The van der Waals surface area contributed by atoms with E-state index in [1.807, 2.05) is 14.1 Å². The molecule has 0 aliphatic carbocycles. The third-order valence-electron chi connectivity index (χ3n) is 2.59. The number of rotatable bonds is 5. The molecule has 1 unspecified atom stereocenters. The van der Waals surface area contributed by atoms with Gasteiger partial charge in [0.25, 0.3) is 12.4 Å². The van der Waals surface area contributed by atoms with Gasteiger partial charge in [-0.25, -0.2) is 4.39 Å². The zero-order valence-corrected chi connectivity index (χ0v) is 13.4. The lowest BCUT2D eigenvalue weighted by Gasteiger charge is -2.17. The monoisotopic (exact) mass is 334 g/mol. The van der Waals surface area contributed by atoms with E-state index in [0.717, 1.165) is 0 Å². The smallest absolute Gasteiger partial charge is 0.290 e. The van der Waals surface area contributed by atoms with E-state index in [-0.39, 0.29) is 23.6 Å². The summed E-state index contributed by atoms with van der Waals surface area (Å²) in [5, 5.41) is 19.1. The average Bonchev–Trinajstić information content (AvgIpc) is 2.41. The molecule has 3 N–H and O–H groups in total. The standard InChI is InChI=1S/C13H18ClFN2O2.CH2O2/c1-8-4-5-10(15)11(12(8)14)13(19)16-6-9(18)7-17(2)3;2-1-3/h4-5,9,18H,6-7H2,1-3H3,(H,16,19);1H,(H,2,3). The highest BCUT2D eigenvalue weighted by Gasteiger charge is 2.18. The number of likely N-dealkylation sites (N-methyl/N-ethyl adjacent to an activating group) is 1. The summed E-state index contributed by atoms with van der Waals surface area (Å²) in [6, 6.07) is 2.71. The Labute approximate surface area is 133 Å². The van der Waals surface area contributed by atoms with Crippen molar-refractivity contribution >= 4 is 24.0 Å². The Balaban J connectivity index is 0.00000135. The number of nitrogens with one attached hydrogen (secondary N) is 1. The van der Waals surface area contributed by atoms with Gasteiger partial charge in [0, 0.05) is 13.1 Å². The summed E-state index contributed by atoms with van der Waals surface area (Å²) in [6.45, 7) is 1.89. The van der Waals surface area contributed by atoms with Gasteiger partial charge in [0.15, 0.2) is 0 Å². The van der Waals surface area contributed by atoms with Crippen LogP contribution in [-0.4, -0.2) is 60.8 Å². The Morgan fingerprint density at radius 1 is 1.50 bits per heavy atom. The predicted octanol–water partition coefficient (Wildman–Crippen LogP) is 1.14. The van der Waals surface area contributed by atoms with Crippen LogP contribution < -0.4 is 5.32 Å². The molecule has 1 aromatic carbocycles. The highest BCUT2D eigenvalue weighted by molar-refractivity contribution is 6.34.